The number of aryl methyl sites for hydroxylation is 1. The van der Waals surface area contributed by atoms with Gasteiger partial charge in [-0.05, 0) is 36.1 Å². The van der Waals surface area contributed by atoms with E-state index in [2.05, 4.69) is 35.3 Å². The van der Waals surface area contributed by atoms with E-state index in [9.17, 15) is 9.90 Å². The van der Waals surface area contributed by atoms with Crippen molar-refractivity contribution in [1.29, 1.82) is 0 Å². The number of carbonyl (C=O) groups excluding carboxylic acids is 1. The van der Waals surface area contributed by atoms with Gasteiger partial charge < -0.3 is 15.4 Å². The lowest BCUT2D eigenvalue weighted by atomic mass is 9.97. The fourth-order valence-electron chi connectivity index (χ4n) is 3.10. The van der Waals surface area contributed by atoms with E-state index < -0.39 is 12.0 Å². The molecule has 2 atom stereocenters. The molecular weight excluding hydrogens is 302 g/mol. The predicted octanol–water partition coefficient (Wildman–Crippen LogP) is 2.69. The normalized spacial score (nSPS) is 13.8. The Bertz CT molecular complexity index is 849. The van der Waals surface area contributed by atoms with E-state index in [-0.39, 0.29) is 11.7 Å². The Labute approximate surface area is 140 Å². The average molecular weight is 323 g/mol. The molecule has 0 spiro atoms. The minimum Gasteiger partial charge on any atom is -0.391 e. The lowest BCUT2D eigenvalue weighted by Gasteiger charge is -2.21. The molecule has 1 aromatic heterocycles. The number of fused-ring (bicyclic) bond motifs is 1. The minimum atomic E-state index is -0.563. The molecule has 1 amide bonds. The maximum atomic E-state index is 11.2. The third kappa shape index (κ3) is 3.31. The molecule has 5 nitrogen and oxygen atoms in total. The van der Waals surface area contributed by atoms with Gasteiger partial charge in [-0.15, -0.1) is 0 Å². The summed E-state index contributed by atoms with van der Waals surface area (Å²) < 4.78 is 1.77. The van der Waals surface area contributed by atoms with E-state index in [0.29, 0.717) is 0 Å². The smallest absolute Gasteiger partial charge is 0.268 e. The predicted molar refractivity (Wildman–Crippen MR) is 93.7 cm³/mol. The summed E-state index contributed by atoms with van der Waals surface area (Å²) in [6, 6.07) is 14.4. The van der Waals surface area contributed by atoms with Crippen molar-refractivity contribution >= 4 is 16.7 Å². The van der Waals surface area contributed by atoms with Crippen LogP contribution in [0.2, 0.25) is 0 Å². The molecule has 1 heterocycles. The van der Waals surface area contributed by atoms with E-state index >= 15 is 0 Å². The lowest BCUT2D eigenvalue weighted by molar-refractivity contribution is 0.0994. The molecule has 0 saturated heterocycles. The van der Waals surface area contributed by atoms with Gasteiger partial charge in [0.1, 0.15) is 5.69 Å². The molecule has 0 bridgehead atoms. The van der Waals surface area contributed by atoms with E-state index in [1.165, 1.54) is 16.3 Å². The summed E-state index contributed by atoms with van der Waals surface area (Å²) in [5.74, 6) is -0.563. The summed E-state index contributed by atoms with van der Waals surface area (Å²) in [6.45, 7) is 1.75. The number of nitrogens with zero attached hydrogens (tertiary/aromatic N) is 2. The highest BCUT2D eigenvalue weighted by atomic mass is 16.3. The number of primary amides is 1. The third-order valence-corrected chi connectivity index (χ3v) is 4.38. The monoisotopic (exact) mass is 323 g/mol. The molecule has 3 N–H and O–H groups in total. The first kappa shape index (κ1) is 16.2. The van der Waals surface area contributed by atoms with Crippen LogP contribution in [-0.2, 0) is 6.42 Å². The SMILES string of the molecule is C[C@H](O)[C@@H](CCc1cccc2ccccc12)n1cnc(C(N)=O)c1. The maximum Gasteiger partial charge on any atom is 0.268 e. The second-order valence-corrected chi connectivity index (χ2v) is 6.06. The Morgan fingerprint density at radius 2 is 2.00 bits per heavy atom. The quantitative estimate of drug-likeness (QED) is 0.732. The molecule has 0 radical (unpaired) electrons. The van der Waals surface area contributed by atoms with Crippen molar-refractivity contribution < 1.29 is 9.90 Å². The fraction of sp³-hybridized carbons (Fsp3) is 0.263. The van der Waals surface area contributed by atoms with Crippen LogP contribution in [0.25, 0.3) is 10.8 Å². The van der Waals surface area contributed by atoms with Gasteiger partial charge in [0.15, 0.2) is 0 Å². The molecule has 3 rings (SSSR count). The number of carbonyl (C=O) groups is 1. The van der Waals surface area contributed by atoms with Crippen molar-refractivity contribution in [2.24, 2.45) is 5.73 Å². The van der Waals surface area contributed by atoms with Gasteiger partial charge in [-0.25, -0.2) is 4.98 Å². The van der Waals surface area contributed by atoms with Crippen LogP contribution in [0.3, 0.4) is 0 Å². The van der Waals surface area contributed by atoms with Gasteiger partial charge in [0.2, 0.25) is 0 Å². The summed E-state index contributed by atoms with van der Waals surface area (Å²) in [7, 11) is 0. The minimum absolute atomic E-state index is 0.162. The zero-order chi connectivity index (χ0) is 17.1. The summed E-state index contributed by atoms with van der Waals surface area (Å²) >= 11 is 0. The van der Waals surface area contributed by atoms with Crippen molar-refractivity contribution in [3.63, 3.8) is 0 Å². The number of rotatable bonds is 6. The Hall–Kier alpha value is -2.66. The molecule has 5 heteroatoms. The number of hydrogen-bond acceptors (Lipinski definition) is 3. The topological polar surface area (TPSA) is 81.1 Å². The Kier molecular flexibility index (Phi) is 4.62. The molecule has 0 unspecified atom stereocenters. The van der Waals surface area contributed by atoms with Gasteiger partial charge >= 0.3 is 0 Å². The summed E-state index contributed by atoms with van der Waals surface area (Å²) in [4.78, 5) is 15.2. The number of amides is 1. The van der Waals surface area contributed by atoms with Crippen LogP contribution < -0.4 is 5.73 Å². The van der Waals surface area contributed by atoms with Gasteiger partial charge in [-0.3, -0.25) is 4.79 Å². The Morgan fingerprint density at radius 3 is 2.71 bits per heavy atom. The highest BCUT2D eigenvalue weighted by molar-refractivity contribution is 5.90. The standard InChI is InChI=1S/C19H21N3O2/c1-13(23)18(22-11-17(19(20)24)21-12-22)10-9-15-7-4-6-14-5-2-3-8-16(14)15/h2-8,11-13,18,23H,9-10H2,1H3,(H2,20,24)/t13-,18+/m0/s1. The Morgan fingerprint density at radius 1 is 1.25 bits per heavy atom. The first-order chi connectivity index (χ1) is 11.6. The first-order valence-electron chi connectivity index (χ1n) is 8.04. The van der Waals surface area contributed by atoms with Crippen LogP contribution in [0.1, 0.15) is 35.4 Å². The van der Waals surface area contributed by atoms with Crippen LogP contribution in [0, 0.1) is 0 Å². The molecule has 0 saturated carbocycles. The highest BCUT2D eigenvalue weighted by Gasteiger charge is 2.19. The van der Waals surface area contributed by atoms with Crippen LogP contribution in [0.4, 0.5) is 0 Å². The van der Waals surface area contributed by atoms with Crippen molar-refractivity contribution in [2.45, 2.75) is 31.9 Å². The zero-order valence-corrected chi connectivity index (χ0v) is 13.6. The van der Waals surface area contributed by atoms with Gasteiger partial charge in [0.25, 0.3) is 5.91 Å². The van der Waals surface area contributed by atoms with Crippen LogP contribution in [-0.4, -0.2) is 26.7 Å². The van der Waals surface area contributed by atoms with Crippen LogP contribution >= 0.6 is 0 Å². The molecule has 0 aliphatic rings. The molecule has 0 aliphatic carbocycles. The summed E-state index contributed by atoms with van der Waals surface area (Å²) in [5, 5.41) is 12.6. The fourth-order valence-corrected chi connectivity index (χ4v) is 3.10. The van der Waals surface area contributed by atoms with Gasteiger partial charge in [-0.2, -0.15) is 0 Å². The van der Waals surface area contributed by atoms with E-state index in [1.54, 1.807) is 24.0 Å². The van der Waals surface area contributed by atoms with Crippen LogP contribution in [0.15, 0.2) is 55.0 Å². The number of imidazole rings is 1. The van der Waals surface area contributed by atoms with Crippen LogP contribution in [0.5, 0.6) is 0 Å². The molecule has 124 valence electrons. The third-order valence-electron chi connectivity index (χ3n) is 4.38. The number of aliphatic hydroxyl groups is 1. The average Bonchev–Trinajstić information content (AvgIpc) is 3.05. The molecule has 24 heavy (non-hydrogen) atoms. The van der Waals surface area contributed by atoms with Crippen molar-refractivity contribution in [2.75, 3.05) is 0 Å². The van der Waals surface area contributed by atoms with Gasteiger partial charge in [0.05, 0.1) is 18.5 Å². The van der Waals surface area contributed by atoms with Crippen molar-refractivity contribution in [3.05, 3.63) is 66.2 Å². The molecule has 0 aliphatic heterocycles. The van der Waals surface area contributed by atoms with Gasteiger partial charge in [0, 0.05) is 6.20 Å². The number of hydrogen-bond donors (Lipinski definition) is 2. The van der Waals surface area contributed by atoms with Crippen molar-refractivity contribution in [1.82, 2.24) is 9.55 Å². The number of benzene rings is 2. The molecule has 2 aromatic carbocycles. The Balaban J connectivity index is 1.82. The van der Waals surface area contributed by atoms with Crippen molar-refractivity contribution in [3.8, 4) is 0 Å². The van der Waals surface area contributed by atoms with Gasteiger partial charge in [-0.1, -0.05) is 42.5 Å². The summed E-state index contributed by atoms with van der Waals surface area (Å²) in [5.41, 5.74) is 6.71. The highest BCUT2D eigenvalue weighted by Crippen LogP contribution is 2.24. The zero-order valence-electron chi connectivity index (χ0n) is 13.6. The molecule has 3 aromatic rings. The summed E-state index contributed by atoms with van der Waals surface area (Å²) in [6.07, 6.45) is 4.15. The number of aromatic nitrogens is 2. The second-order valence-electron chi connectivity index (χ2n) is 6.06. The van der Waals surface area contributed by atoms with E-state index in [4.69, 9.17) is 5.73 Å². The largest absolute Gasteiger partial charge is 0.391 e. The molecule has 0 fully saturated rings. The lowest BCUT2D eigenvalue weighted by Crippen LogP contribution is -2.21. The number of nitrogens with two attached hydrogens (primary N) is 1. The maximum absolute atomic E-state index is 11.2. The molecular formula is C19H21N3O2. The second kappa shape index (κ2) is 6.84. The first-order valence-corrected chi connectivity index (χ1v) is 8.04. The van der Waals surface area contributed by atoms with E-state index in [0.717, 1.165) is 12.8 Å². The van der Waals surface area contributed by atoms with E-state index in [1.807, 2.05) is 12.1 Å². The number of aliphatic hydroxyl groups excluding tert-OH is 1.